The quantitative estimate of drug-likeness (QED) is 0.281. The first-order valence-electron chi connectivity index (χ1n) is 10.3. The van der Waals surface area contributed by atoms with Gasteiger partial charge in [0.05, 0.1) is 33.1 Å². The lowest BCUT2D eigenvalue weighted by molar-refractivity contribution is 1.25. The smallest absolute Gasteiger partial charge is 0.0789 e. The first-order valence-corrected chi connectivity index (χ1v) is 10.3. The van der Waals surface area contributed by atoms with Gasteiger partial charge in [0.1, 0.15) is 0 Å². The van der Waals surface area contributed by atoms with Gasteiger partial charge in [-0.15, -0.1) is 0 Å². The highest BCUT2D eigenvalue weighted by Gasteiger charge is 2.20. The number of aromatic nitrogens is 2. The molecule has 0 unspecified atom stereocenters. The van der Waals surface area contributed by atoms with Crippen molar-refractivity contribution < 1.29 is 0 Å². The van der Waals surface area contributed by atoms with E-state index in [1.54, 1.807) is 0 Å². The number of rotatable bonds is 1. The van der Waals surface area contributed by atoms with E-state index in [2.05, 4.69) is 118 Å². The second-order valence-corrected chi connectivity index (χ2v) is 7.85. The van der Waals surface area contributed by atoms with Crippen LogP contribution in [-0.4, -0.2) is 8.80 Å². The van der Waals surface area contributed by atoms with Crippen LogP contribution in [0.1, 0.15) is 0 Å². The minimum Gasteiger partial charge on any atom is -0.306 e. The van der Waals surface area contributed by atoms with Gasteiger partial charge in [-0.1, -0.05) is 78.9 Å². The molecule has 7 aromatic rings. The summed E-state index contributed by atoms with van der Waals surface area (Å²) < 4.78 is 4.87. The van der Waals surface area contributed by atoms with Crippen molar-refractivity contribution in [1.82, 2.24) is 8.80 Å². The molecule has 3 aromatic heterocycles. The van der Waals surface area contributed by atoms with Gasteiger partial charge in [-0.2, -0.15) is 0 Å². The maximum Gasteiger partial charge on any atom is 0.0789 e. The van der Waals surface area contributed by atoms with Crippen LogP contribution in [0.4, 0.5) is 0 Å². The van der Waals surface area contributed by atoms with Crippen molar-refractivity contribution in [2.24, 2.45) is 0 Å². The van der Waals surface area contributed by atoms with Crippen LogP contribution in [0.2, 0.25) is 0 Å². The molecule has 0 aliphatic rings. The fourth-order valence-corrected chi connectivity index (χ4v) is 5.06. The minimum atomic E-state index is 1.22. The highest BCUT2D eigenvalue weighted by Crippen LogP contribution is 2.41. The lowest BCUT2D eigenvalue weighted by Gasteiger charge is -2.11. The first-order chi connectivity index (χ1) is 14.9. The summed E-state index contributed by atoms with van der Waals surface area (Å²) in [7, 11) is 0. The molecule has 7 rings (SSSR count). The third-order valence-corrected chi connectivity index (χ3v) is 6.25. The summed E-state index contributed by atoms with van der Waals surface area (Å²) in [4.78, 5) is 0. The minimum absolute atomic E-state index is 1.22. The van der Waals surface area contributed by atoms with E-state index >= 15 is 0 Å². The van der Waals surface area contributed by atoms with E-state index in [4.69, 9.17) is 0 Å². The molecule has 0 aliphatic carbocycles. The second-order valence-electron chi connectivity index (χ2n) is 7.85. The fraction of sp³-hybridized carbons (Fsp3) is 0. The van der Waals surface area contributed by atoms with Gasteiger partial charge in [-0.3, -0.25) is 0 Å². The van der Waals surface area contributed by atoms with Gasteiger partial charge in [0, 0.05) is 16.3 Å². The standard InChI is InChI=1S/C28H18N2/c1-2-10-19(11-3-1)27-21-13-5-7-15-23(21)30-25-17-9-8-16-24(25)29-22-14-6-4-12-20(22)18-26(29)28(27)30/h1-18H. The molecule has 2 heteroatoms. The maximum atomic E-state index is 2.45. The Hall–Kier alpha value is -4.04. The predicted octanol–water partition coefficient (Wildman–Crippen LogP) is 7.32. The Bertz CT molecular complexity index is 1730. The Morgan fingerprint density at radius 2 is 1.03 bits per heavy atom. The zero-order chi connectivity index (χ0) is 19.7. The summed E-state index contributed by atoms with van der Waals surface area (Å²) in [5.74, 6) is 0. The monoisotopic (exact) mass is 382 g/mol. The number of nitrogens with zero attached hydrogens (tertiary/aromatic N) is 2. The number of hydrogen-bond acceptors (Lipinski definition) is 0. The van der Waals surface area contributed by atoms with Gasteiger partial charge in [-0.05, 0) is 35.9 Å². The summed E-state index contributed by atoms with van der Waals surface area (Å²) in [6.45, 7) is 0. The number of benzene rings is 4. The summed E-state index contributed by atoms with van der Waals surface area (Å²) in [6.07, 6.45) is 0. The van der Waals surface area contributed by atoms with Crippen LogP contribution in [-0.2, 0) is 0 Å². The molecule has 4 aromatic carbocycles. The van der Waals surface area contributed by atoms with E-state index in [1.807, 2.05) is 0 Å². The summed E-state index contributed by atoms with van der Waals surface area (Å²) in [6, 6.07) is 39.3. The van der Waals surface area contributed by atoms with Crippen molar-refractivity contribution in [2.75, 3.05) is 0 Å². The molecule has 0 fully saturated rings. The van der Waals surface area contributed by atoms with Gasteiger partial charge in [0.15, 0.2) is 0 Å². The van der Waals surface area contributed by atoms with Crippen LogP contribution in [0.15, 0.2) is 109 Å². The Kier molecular flexibility index (Phi) is 3.03. The van der Waals surface area contributed by atoms with Gasteiger partial charge >= 0.3 is 0 Å². The highest BCUT2D eigenvalue weighted by molar-refractivity contribution is 6.15. The van der Waals surface area contributed by atoms with Crippen molar-refractivity contribution in [3.63, 3.8) is 0 Å². The fourth-order valence-electron chi connectivity index (χ4n) is 5.06. The molecular weight excluding hydrogens is 364 g/mol. The van der Waals surface area contributed by atoms with E-state index in [0.717, 1.165) is 0 Å². The molecule has 0 bridgehead atoms. The zero-order valence-electron chi connectivity index (χ0n) is 16.3. The molecule has 0 spiro atoms. The van der Waals surface area contributed by atoms with Crippen LogP contribution >= 0.6 is 0 Å². The average molecular weight is 382 g/mol. The Labute approximate surface area is 173 Å². The number of fused-ring (bicyclic) bond motifs is 10. The molecule has 2 nitrogen and oxygen atoms in total. The largest absolute Gasteiger partial charge is 0.306 e. The van der Waals surface area contributed by atoms with E-state index in [1.165, 1.54) is 55.0 Å². The van der Waals surface area contributed by atoms with E-state index in [-0.39, 0.29) is 0 Å². The zero-order valence-corrected chi connectivity index (χ0v) is 16.3. The summed E-state index contributed by atoms with van der Waals surface area (Å²) in [5.41, 5.74) is 9.98. The topological polar surface area (TPSA) is 8.82 Å². The average Bonchev–Trinajstić information content (AvgIpc) is 3.36. The van der Waals surface area contributed by atoms with Crippen LogP contribution < -0.4 is 0 Å². The Balaban J connectivity index is 1.89. The third-order valence-electron chi connectivity index (χ3n) is 6.25. The van der Waals surface area contributed by atoms with Crippen LogP contribution in [0, 0.1) is 0 Å². The lowest BCUT2D eigenvalue weighted by Crippen LogP contribution is -1.96. The van der Waals surface area contributed by atoms with Gasteiger partial charge in [0.2, 0.25) is 0 Å². The summed E-state index contributed by atoms with van der Waals surface area (Å²) in [5, 5.41) is 2.55. The van der Waals surface area contributed by atoms with Crippen molar-refractivity contribution in [3.05, 3.63) is 109 Å². The van der Waals surface area contributed by atoms with Gasteiger partial charge in [-0.25, -0.2) is 0 Å². The van der Waals surface area contributed by atoms with Crippen LogP contribution in [0.3, 0.4) is 0 Å². The Morgan fingerprint density at radius 3 is 1.83 bits per heavy atom. The first kappa shape index (κ1) is 15.8. The van der Waals surface area contributed by atoms with Crippen LogP contribution in [0.5, 0.6) is 0 Å². The lowest BCUT2D eigenvalue weighted by atomic mass is 10.0. The molecule has 0 radical (unpaired) electrons. The Morgan fingerprint density at radius 1 is 0.433 bits per heavy atom. The van der Waals surface area contributed by atoms with Gasteiger partial charge < -0.3 is 8.80 Å². The van der Waals surface area contributed by atoms with E-state index < -0.39 is 0 Å². The maximum absolute atomic E-state index is 2.45. The van der Waals surface area contributed by atoms with E-state index in [9.17, 15) is 0 Å². The molecule has 30 heavy (non-hydrogen) atoms. The molecule has 0 aliphatic heterocycles. The molecular formula is C28H18N2. The second kappa shape index (κ2) is 5.74. The predicted molar refractivity (Wildman–Crippen MR) is 126 cm³/mol. The van der Waals surface area contributed by atoms with E-state index in [0.29, 0.717) is 0 Å². The van der Waals surface area contributed by atoms with Crippen molar-refractivity contribution in [1.29, 1.82) is 0 Å². The molecule has 0 amide bonds. The molecule has 0 atom stereocenters. The number of para-hydroxylation sites is 4. The third kappa shape index (κ3) is 1.93. The molecule has 3 heterocycles. The van der Waals surface area contributed by atoms with Crippen molar-refractivity contribution >= 4 is 43.9 Å². The molecule has 140 valence electrons. The number of hydrogen-bond donors (Lipinski definition) is 0. The SMILES string of the molecule is c1ccc(-c2c3ccccc3n3c4ccccc4n4c5ccccc5cc4c23)cc1. The molecule has 0 saturated heterocycles. The summed E-state index contributed by atoms with van der Waals surface area (Å²) >= 11 is 0. The molecule has 0 saturated carbocycles. The van der Waals surface area contributed by atoms with Crippen molar-refractivity contribution in [3.8, 4) is 11.1 Å². The van der Waals surface area contributed by atoms with Crippen molar-refractivity contribution in [2.45, 2.75) is 0 Å². The molecule has 0 N–H and O–H groups in total. The normalized spacial score (nSPS) is 12.0. The van der Waals surface area contributed by atoms with Crippen LogP contribution in [0.25, 0.3) is 55.0 Å². The highest BCUT2D eigenvalue weighted by atomic mass is 15.0. The van der Waals surface area contributed by atoms with Gasteiger partial charge in [0.25, 0.3) is 0 Å².